The molecule has 1 N–H and O–H groups in total. The fraction of sp³-hybridized carbons (Fsp3) is 0.357. The number of carbonyl (C=O) groups excluding carboxylic acids is 2. The second kappa shape index (κ2) is 6.07. The lowest BCUT2D eigenvalue weighted by Crippen LogP contribution is -2.47. The first kappa shape index (κ1) is 14.4. The molecule has 2 aliphatic heterocycles. The van der Waals surface area contributed by atoms with Crippen molar-refractivity contribution in [1.29, 1.82) is 0 Å². The van der Waals surface area contributed by atoms with Crippen LogP contribution in [0.1, 0.15) is 12.8 Å². The Bertz CT molecular complexity index is 603. The molecule has 5 nitrogen and oxygen atoms in total. The summed E-state index contributed by atoms with van der Waals surface area (Å²) < 4.78 is 0. The monoisotopic (exact) mass is 323 g/mol. The van der Waals surface area contributed by atoms with Crippen molar-refractivity contribution in [3.8, 4) is 0 Å². The van der Waals surface area contributed by atoms with Crippen molar-refractivity contribution in [2.75, 3.05) is 18.4 Å². The van der Waals surface area contributed by atoms with Crippen LogP contribution >= 0.6 is 23.4 Å². The number of anilines is 1. The highest BCUT2D eigenvalue weighted by molar-refractivity contribution is 8.15. The van der Waals surface area contributed by atoms with Gasteiger partial charge in [-0.2, -0.15) is 0 Å². The van der Waals surface area contributed by atoms with Gasteiger partial charge in [0.15, 0.2) is 5.17 Å². The minimum atomic E-state index is -0.429. The van der Waals surface area contributed by atoms with E-state index in [4.69, 9.17) is 11.6 Å². The zero-order valence-electron chi connectivity index (χ0n) is 11.2. The summed E-state index contributed by atoms with van der Waals surface area (Å²) in [7, 11) is 0. The van der Waals surface area contributed by atoms with Crippen LogP contribution in [0.25, 0.3) is 0 Å². The lowest BCUT2D eigenvalue weighted by molar-refractivity contribution is -0.129. The van der Waals surface area contributed by atoms with E-state index in [1.54, 1.807) is 29.2 Å². The fourth-order valence-corrected chi connectivity index (χ4v) is 3.52. The van der Waals surface area contributed by atoms with Crippen molar-refractivity contribution in [3.63, 3.8) is 0 Å². The minimum Gasteiger partial charge on any atom is -0.325 e. The van der Waals surface area contributed by atoms with Gasteiger partial charge in [-0.15, -0.1) is 0 Å². The van der Waals surface area contributed by atoms with Gasteiger partial charge in [-0.05, 0) is 30.7 Å². The van der Waals surface area contributed by atoms with Gasteiger partial charge in [-0.1, -0.05) is 23.4 Å². The Labute approximate surface area is 131 Å². The Morgan fingerprint density at radius 3 is 2.90 bits per heavy atom. The molecule has 21 heavy (non-hydrogen) atoms. The zero-order chi connectivity index (χ0) is 14.8. The van der Waals surface area contributed by atoms with Crippen molar-refractivity contribution in [2.45, 2.75) is 18.1 Å². The maximum atomic E-state index is 12.3. The van der Waals surface area contributed by atoms with Crippen LogP contribution in [0.5, 0.6) is 0 Å². The summed E-state index contributed by atoms with van der Waals surface area (Å²) in [6.45, 7) is 1.42. The number of fused-ring (bicyclic) bond motifs is 1. The SMILES string of the molecule is O=C(Nc1ccc(Cl)cc1)C1CC(=O)N2CCCN=C2S1. The predicted octanol–water partition coefficient (Wildman–Crippen LogP) is 2.37. The number of amides is 2. The molecule has 0 radical (unpaired) electrons. The molecular formula is C14H14ClN3O2S. The molecule has 0 bridgehead atoms. The lowest BCUT2D eigenvalue weighted by Gasteiger charge is -2.33. The molecule has 0 aromatic heterocycles. The Kier molecular flexibility index (Phi) is 4.17. The zero-order valence-corrected chi connectivity index (χ0v) is 12.8. The third-order valence-corrected chi connectivity index (χ3v) is 4.81. The van der Waals surface area contributed by atoms with Crippen LogP contribution in [0.4, 0.5) is 5.69 Å². The summed E-state index contributed by atoms with van der Waals surface area (Å²) in [5.74, 6) is -0.202. The van der Waals surface area contributed by atoms with Gasteiger partial charge >= 0.3 is 0 Å². The first-order chi connectivity index (χ1) is 10.1. The van der Waals surface area contributed by atoms with Gasteiger partial charge in [0, 0.05) is 30.2 Å². The van der Waals surface area contributed by atoms with Gasteiger partial charge in [0.05, 0.1) is 0 Å². The van der Waals surface area contributed by atoms with E-state index in [0.717, 1.165) is 13.0 Å². The highest BCUT2D eigenvalue weighted by Gasteiger charge is 2.36. The second-order valence-electron chi connectivity index (χ2n) is 4.87. The molecule has 1 saturated heterocycles. The molecule has 1 fully saturated rings. The molecule has 1 unspecified atom stereocenters. The van der Waals surface area contributed by atoms with Crippen molar-refractivity contribution in [2.24, 2.45) is 4.99 Å². The smallest absolute Gasteiger partial charge is 0.238 e. The summed E-state index contributed by atoms with van der Waals surface area (Å²) in [5, 5.41) is 3.67. The average Bonchev–Trinajstić information content (AvgIpc) is 2.49. The van der Waals surface area contributed by atoms with Gasteiger partial charge in [0.2, 0.25) is 11.8 Å². The molecule has 110 valence electrons. The number of halogens is 1. The predicted molar refractivity (Wildman–Crippen MR) is 84.7 cm³/mol. The third kappa shape index (κ3) is 3.22. The van der Waals surface area contributed by atoms with Crippen LogP contribution in [-0.4, -0.2) is 40.2 Å². The number of hydrogen-bond acceptors (Lipinski definition) is 4. The summed E-state index contributed by atoms with van der Waals surface area (Å²) in [5.41, 5.74) is 0.672. The average molecular weight is 324 g/mol. The number of thioether (sulfide) groups is 1. The second-order valence-corrected chi connectivity index (χ2v) is 6.48. The van der Waals surface area contributed by atoms with Crippen LogP contribution in [0.15, 0.2) is 29.3 Å². The summed E-state index contributed by atoms with van der Waals surface area (Å²) in [6.07, 6.45) is 1.10. The Morgan fingerprint density at radius 1 is 1.38 bits per heavy atom. The molecule has 2 amide bonds. The quantitative estimate of drug-likeness (QED) is 0.909. The maximum Gasteiger partial charge on any atom is 0.238 e. The van der Waals surface area contributed by atoms with E-state index < -0.39 is 5.25 Å². The number of benzene rings is 1. The van der Waals surface area contributed by atoms with Crippen LogP contribution in [-0.2, 0) is 9.59 Å². The first-order valence-electron chi connectivity index (χ1n) is 6.71. The Morgan fingerprint density at radius 2 is 2.14 bits per heavy atom. The number of rotatable bonds is 2. The standard InChI is InChI=1S/C14H14ClN3O2S/c15-9-2-4-10(5-3-9)17-13(20)11-8-12(19)18-7-1-6-16-14(18)21-11/h2-5,11H,1,6-8H2,(H,17,20). The molecule has 3 rings (SSSR count). The molecular weight excluding hydrogens is 310 g/mol. The van der Waals surface area contributed by atoms with Gasteiger partial charge in [-0.25, -0.2) is 0 Å². The van der Waals surface area contributed by atoms with Crippen LogP contribution in [0, 0.1) is 0 Å². The Hall–Kier alpha value is -1.53. The fourth-order valence-electron chi connectivity index (χ4n) is 2.26. The van der Waals surface area contributed by atoms with E-state index in [9.17, 15) is 9.59 Å². The molecule has 0 spiro atoms. The van der Waals surface area contributed by atoms with Gasteiger partial charge in [0.1, 0.15) is 5.25 Å². The number of nitrogens with one attached hydrogen (secondary N) is 1. The lowest BCUT2D eigenvalue weighted by atomic mass is 10.2. The van der Waals surface area contributed by atoms with E-state index in [-0.39, 0.29) is 18.2 Å². The van der Waals surface area contributed by atoms with E-state index in [0.29, 0.717) is 22.4 Å². The highest BCUT2D eigenvalue weighted by Crippen LogP contribution is 2.29. The number of nitrogens with zero attached hydrogens (tertiary/aromatic N) is 2. The van der Waals surface area contributed by atoms with Crippen molar-refractivity contribution in [3.05, 3.63) is 29.3 Å². The topological polar surface area (TPSA) is 61.8 Å². The molecule has 2 heterocycles. The molecule has 0 saturated carbocycles. The maximum absolute atomic E-state index is 12.3. The number of hydrogen-bond donors (Lipinski definition) is 1. The van der Waals surface area contributed by atoms with Crippen molar-refractivity contribution in [1.82, 2.24) is 4.90 Å². The molecule has 1 aromatic rings. The third-order valence-electron chi connectivity index (χ3n) is 3.33. The molecule has 1 aromatic carbocycles. The van der Waals surface area contributed by atoms with Crippen molar-refractivity contribution < 1.29 is 9.59 Å². The molecule has 1 atom stereocenters. The van der Waals surface area contributed by atoms with Gasteiger partial charge in [0.25, 0.3) is 0 Å². The van der Waals surface area contributed by atoms with E-state index in [2.05, 4.69) is 10.3 Å². The van der Waals surface area contributed by atoms with Crippen LogP contribution in [0.2, 0.25) is 5.02 Å². The molecule has 7 heteroatoms. The number of aliphatic imine (C=N–C) groups is 1. The number of carbonyl (C=O) groups is 2. The van der Waals surface area contributed by atoms with Gasteiger partial charge < -0.3 is 5.32 Å². The largest absolute Gasteiger partial charge is 0.325 e. The molecule has 0 aliphatic carbocycles. The van der Waals surface area contributed by atoms with E-state index in [1.807, 2.05) is 0 Å². The highest BCUT2D eigenvalue weighted by atomic mass is 35.5. The summed E-state index contributed by atoms with van der Waals surface area (Å²) in [6, 6.07) is 6.90. The Balaban J connectivity index is 1.69. The normalized spacial score (nSPS) is 21.6. The number of amidine groups is 1. The minimum absolute atomic E-state index is 0.0246. The summed E-state index contributed by atoms with van der Waals surface area (Å²) >= 11 is 7.18. The first-order valence-corrected chi connectivity index (χ1v) is 7.97. The van der Waals surface area contributed by atoms with E-state index >= 15 is 0 Å². The molecule has 2 aliphatic rings. The van der Waals surface area contributed by atoms with Crippen molar-refractivity contribution >= 4 is 46.0 Å². The van der Waals surface area contributed by atoms with Crippen LogP contribution in [0.3, 0.4) is 0 Å². The summed E-state index contributed by atoms with van der Waals surface area (Å²) in [4.78, 5) is 30.4. The van der Waals surface area contributed by atoms with Crippen LogP contribution < -0.4 is 5.32 Å². The van der Waals surface area contributed by atoms with E-state index in [1.165, 1.54) is 11.8 Å². The van der Waals surface area contributed by atoms with Gasteiger partial charge in [-0.3, -0.25) is 19.5 Å².